The molecule has 0 aromatic rings. The van der Waals surface area contributed by atoms with Gasteiger partial charge >= 0.3 is 0 Å². The van der Waals surface area contributed by atoms with Crippen molar-refractivity contribution in [1.82, 2.24) is 10.6 Å². The van der Waals surface area contributed by atoms with Gasteiger partial charge in [-0.15, -0.1) is 0 Å². The Morgan fingerprint density at radius 1 is 1.67 bits per heavy atom. The summed E-state index contributed by atoms with van der Waals surface area (Å²) in [5, 5.41) is 6.18. The largest absolute Gasteiger partial charge is 0.315 e. The number of hydrogen-bond donors (Lipinski definition) is 2. The van der Waals surface area contributed by atoms with E-state index in [1.807, 2.05) is 7.05 Å². The van der Waals surface area contributed by atoms with Gasteiger partial charge in [0.2, 0.25) is 0 Å². The Hall–Kier alpha value is -0.150. The first-order chi connectivity index (χ1) is 4.38. The lowest BCUT2D eigenvalue weighted by Gasteiger charge is -2.12. The Kier molecular flexibility index (Phi) is 2.42. The SMILES string of the molecule is CN[C@H]1CNC[C@H]1CF. The van der Waals surface area contributed by atoms with Crippen LogP contribution in [0.15, 0.2) is 0 Å². The topological polar surface area (TPSA) is 24.1 Å². The summed E-state index contributed by atoms with van der Waals surface area (Å²) in [4.78, 5) is 0. The second-order valence-corrected chi connectivity index (χ2v) is 2.47. The van der Waals surface area contributed by atoms with Gasteiger partial charge in [0.1, 0.15) is 0 Å². The zero-order chi connectivity index (χ0) is 6.69. The summed E-state index contributed by atoms with van der Waals surface area (Å²) in [5.41, 5.74) is 0. The molecule has 0 aliphatic carbocycles. The molecule has 2 nitrogen and oxygen atoms in total. The average molecular weight is 132 g/mol. The first-order valence-electron chi connectivity index (χ1n) is 3.32. The standard InChI is InChI=1S/C6H13FN2/c1-8-6-4-9-3-5(6)2-7/h5-6,8-9H,2-4H2,1H3/t5-,6+/m1/s1. The van der Waals surface area contributed by atoms with E-state index in [2.05, 4.69) is 10.6 Å². The summed E-state index contributed by atoms with van der Waals surface area (Å²) in [7, 11) is 1.88. The molecule has 1 aliphatic heterocycles. The molecule has 1 aliphatic rings. The van der Waals surface area contributed by atoms with Crippen molar-refractivity contribution in [3.8, 4) is 0 Å². The van der Waals surface area contributed by atoms with Crippen LogP contribution in [0.25, 0.3) is 0 Å². The van der Waals surface area contributed by atoms with Gasteiger partial charge in [-0.25, -0.2) is 0 Å². The number of alkyl halides is 1. The van der Waals surface area contributed by atoms with E-state index in [9.17, 15) is 4.39 Å². The molecule has 2 N–H and O–H groups in total. The van der Waals surface area contributed by atoms with E-state index >= 15 is 0 Å². The maximum absolute atomic E-state index is 12.1. The lowest BCUT2D eigenvalue weighted by atomic mass is 10.1. The zero-order valence-corrected chi connectivity index (χ0v) is 5.65. The fourth-order valence-electron chi connectivity index (χ4n) is 1.23. The molecule has 54 valence electrons. The highest BCUT2D eigenvalue weighted by Crippen LogP contribution is 2.07. The van der Waals surface area contributed by atoms with Crippen LogP contribution in [0.5, 0.6) is 0 Å². The Labute approximate surface area is 54.8 Å². The van der Waals surface area contributed by atoms with Crippen LogP contribution in [0.4, 0.5) is 4.39 Å². The molecular formula is C6H13FN2. The molecule has 1 saturated heterocycles. The van der Waals surface area contributed by atoms with Gasteiger partial charge in [0.15, 0.2) is 0 Å². The average Bonchev–Trinajstić information content (AvgIpc) is 2.33. The maximum Gasteiger partial charge on any atom is 0.0950 e. The Bertz CT molecular complexity index is 77.1. The van der Waals surface area contributed by atoms with Crippen LogP contribution in [0.1, 0.15) is 0 Å². The van der Waals surface area contributed by atoms with Gasteiger partial charge in [0.25, 0.3) is 0 Å². The van der Waals surface area contributed by atoms with Crippen LogP contribution < -0.4 is 10.6 Å². The van der Waals surface area contributed by atoms with Gasteiger partial charge in [-0.2, -0.15) is 0 Å². The normalized spacial score (nSPS) is 35.3. The van der Waals surface area contributed by atoms with Crippen molar-refractivity contribution in [2.75, 3.05) is 26.8 Å². The van der Waals surface area contributed by atoms with Gasteiger partial charge in [-0.05, 0) is 7.05 Å². The molecule has 0 radical (unpaired) electrons. The van der Waals surface area contributed by atoms with Crippen molar-refractivity contribution in [2.24, 2.45) is 5.92 Å². The fraction of sp³-hybridized carbons (Fsp3) is 1.00. The molecule has 0 saturated carbocycles. The quantitative estimate of drug-likeness (QED) is 0.542. The van der Waals surface area contributed by atoms with E-state index in [1.165, 1.54) is 0 Å². The second-order valence-electron chi connectivity index (χ2n) is 2.47. The molecule has 0 unspecified atom stereocenters. The minimum Gasteiger partial charge on any atom is -0.315 e. The third kappa shape index (κ3) is 1.40. The van der Waals surface area contributed by atoms with E-state index in [0.29, 0.717) is 6.04 Å². The molecule has 0 aromatic carbocycles. The molecule has 0 spiro atoms. The van der Waals surface area contributed by atoms with E-state index < -0.39 is 0 Å². The summed E-state index contributed by atoms with van der Waals surface area (Å²) in [6.07, 6.45) is 0. The van der Waals surface area contributed by atoms with Crippen LogP contribution >= 0.6 is 0 Å². The molecule has 1 heterocycles. The van der Waals surface area contributed by atoms with E-state index in [1.54, 1.807) is 0 Å². The Morgan fingerprint density at radius 2 is 2.44 bits per heavy atom. The van der Waals surface area contributed by atoms with Gasteiger partial charge in [0.05, 0.1) is 6.67 Å². The van der Waals surface area contributed by atoms with Gasteiger partial charge in [-0.3, -0.25) is 4.39 Å². The summed E-state index contributed by atoms with van der Waals surface area (Å²) < 4.78 is 12.1. The van der Waals surface area contributed by atoms with Crippen LogP contribution in [-0.2, 0) is 0 Å². The van der Waals surface area contributed by atoms with Crippen molar-refractivity contribution < 1.29 is 4.39 Å². The summed E-state index contributed by atoms with van der Waals surface area (Å²) >= 11 is 0. The van der Waals surface area contributed by atoms with E-state index in [-0.39, 0.29) is 12.6 Å². The molecule has 0 bridgehead atoms. The lowest BCUT2D eigenvalue weighted by molar-refractivity contribution is 0.337. The molecule has 9 heavy (non-hydrogen) atoms. The Morgan fingerprint density at radius 3 is 2.89 bits per heavy atom. The Balaban J connectivity index is 2.32. The molecule has 0 amide bonds. The number of likely N-dealkylation sites (N-methyl/N-ethyl adjacent to an activating group) is 1. The van der Waals surface area contributed by atoms with Crippen LogP contribution in [0, 0.1) is 5.92 Å². The van der Waals surface area contributed by atoms with Crippen molar-refractivity contribution in [1.29, 1.82) is 0 Å². The number of nitrogens with one attached hydrogen (secondary N) is 2. The van der Waals surface area contributed by atoms with Crippen LogP contribution in [0.3, 0.4) is 0 Å². The smallest absolute Gasteiger partial charge is 0.0950 e. The van der Waals surface area contributed by atoms with Gasteiger partial charge in [0, 0.05) is 25.0 Å². The van der Waals surface area contributed by atoms with Gasteiger partial charge < -0.3 is 10.6 Å². The number of halogens is 1. The first kappa shape index (κ1) is 6.96. The van der Waals surface area contributed by atoms with Crippen LogP contribution in [-0.4, -0.2) is 32.9 Å². The van der Waals surface area contributed by atoms with E-state index in [0.717, 1.165) is 13.1 Å². The highest BCUT2D eigenvalue weighted by Gasteiger charge is 2.24. The van der Waals surface area contributed by atoms with Crippen LogP contribution in [0.2, 0.25) is 0 Å². The number of hydrogen-bond acceptors (Lipinski definition) is 2. The zero-order valence-electron chi connectivity index (χ0n) is 5.65. The predicted octanol–water partition coefficient (Wildman–Crippen LogP) is -0.237. The fourth-order valence-corrected chi connectivity index (χ4v) is 1.23. The minimum atomic E-state index is -0.210. The second kappa shape index (κ2) is 3.13. The molecule has 3 heteroatoms. The highest BCUT2D eigenvalue weighted by molar-refractivity contribution is 4.84. The molecule has 2 atom stereocenters. The number of rotatable bonds is 2. The molecule has 1 rings (SSSR count). The molecule has 0 aromatic heterocycles. The highest BCUT2D eigenvalue weighted by atomic mass is 19.1. The van der Waals surface area contributed by atoms with Gasteiger partial charge in [-0.1, -0.05) is 0 Å². The van der Waals surface area contributed by atoms with Crippen molar-refractivity contribution in [3.63, 3.8) is 0 Å². The third-order valence-corrected chi connectivity index (χ3v) is 1.91. The van der Waals surface area contributed by atoms with Crippen molar-refractivity contribution >= 4 is 0 Å². The van der Waals surface area contributed by atoms with Crippen molar-refractivity contribution in [3.05, 3.63) is 0 Å². The summed E-state index contributed by atoms with van der Waals surface area (Å²) in [6, 6.07) is 0.343. The summed E-state index contributed by atoms with van der Waals surface area (Å²) in [5.74, 6) is 0.190. The minimum absolute atomic E-state index is 0.190. The third-order valence-electron chi connectivity index (χ3n) is 1.91. The lowest BCUT2D eigenvalue weighted by Crippen LogP contribution is -2.33. The molecule has 1 fully saturated rings. The summed E-state index contributed by atoms with van der Waals surface area (Å²) in [6.45, 7) is 1.52. The maximum atomic E-state index is 12.1. The molecular weight excluding hydrogens is 119 g/mol. The predicted molar refractivity (Wildman–Crippen MR) is 35.2 cm³/mol. The van der Waals surface area contributed by atoms with Crippen molar-refractivity contribution in [2.45, 2.75) is 6.04 Å². The monoisotopic (exact) mass is 132 g/mol. The van der Waals surface area contributed by atoms with E-state index in [4.69, 9.17) is 0 Å². The first-order valence-corrected chi connectivity index (χ1v) is 3.32.